The Labute approximate surface area is 190 Å². The largest absolute Gasteiger partial charge is 0.507 e. The number of fused-ring (bicyclic) bond motifs is 1. The average molecular weight is 526 g/mol. The number of benzene rings is 2. The predicted molar refractivity (Wildman–Crippen MR) is 127 cm³/mol. The zero-order chi connectivity index (χ0) is 21.3. The van der Waals surface area contributed by atoms with E-state index in [9.17, 15) is 9.90 Å². The highest BCUT2D eigenvalue weighted by atomic mass is 127. The maximum Gasteiger partial charge on any atom is 0.271 e. The minimum Gasteiger partial charge on any atom is -0.507 e. The number of hydrogen-bond acceptors (Lipinski definition) is 4. The first kappa shape index (κ1) is 21.9. The Bertz CT molecular complexity index is 975. The molecule has 1 aliphatic heterocycles. The van der Waals surface area contributed by atoms with Crippen LogP contribution < -0.4 is 10.3 Å². The molecule has 2 aromatic rings. The molecule has 3 rings (SSSR count). The van der Waals surface area contributed by atoms with Gasteiger partial charge in [-0.15, -0.1) is 0 Å². The number of halogens is 2. The SMILES string of the molecule is CCN1c2cc(Cl)c(/C=N\NC(=O)c3ccc(I)c(O)c3)cc2C(C)CC1(C)C. The van der Waals surface area contributed by atoms with Crippen molar-refractivity contribution in [1.82, 2.24) is 5.43 Å². The molecule has 1 amide bonds. The minimum atomic E-state index is -0.394. The molecule has 0 saturated heterocycles. The molecular formula is C22H25ClIN3O2. The van der Waals surface area contributed by atoms with Crippen molar-refractivity contribution >= 4 is 52.0 Å². The summed E-state index contributed by atoms with van der Waals surface area (Å²) in [6, 6.07) is 8.80. The number of amides is 1. The molecule has 0 radical (unpaired) electrons. The van der Waals surface area contributed by atoms with Crippen LogP contribution >= 0.6 is 34.2 Å². The number of aromatic hydroxyl groups is 1. The number of hydrazone groups is 1. The fraction of sp³-hybridized carbons (Fsp3) is 0.364. The van der Waals surface area contributed by atoms with Crippen LogP contribution in [0.25, 0.3) is 0 Å². The van der Waals surface area contributed by atoms with E-state index in [1.807, 2.05) is 28.7 Å². The number of phenolic OH excluding ortho intramolecular Hbond substituents is 1. The number of hydrogen-bond donors (Lipinski definition) is 2. The number of anilines is 1. The van der Waals surface area contributed by atoms with Crippen LogP contribution in [-0.4, -0.2) is 29.3 Å². The number of rotatable bonds is 4. The topological polar surface area (TPSA) is 64.9 Å². The Hall–Kier alpha value is -1.80. The lowest BCUT2D eigenvalue weighted by molar-refractivity contribution is 0.0954. The zero-order valence-corrected chi connectivity index (χ0v) is 19.9. The molecule has 154 valence electrons. The lowest BCUT2D eigenvalue weighted by atomic mass is 9.79. The van der Waals surface area contributed by atoms with Gasteiger partial charge in [-0.1, -0.05) is 18.5 Å². The van der Waals surface area contributed by atoms with Gasteiger partial charge >= 0.3 is 0 Å². The van der Waals surface area contributed by atoms with E-state index in [-0.39, 0.29) is 11.3 Å². The Balaban J connectivity index is 1.82. The summed E-state index contributed by atoms with van der Waals surface area (Å²) < 4.78 is 0.682. The summed E-state index contributed by atoms with van der Waals surface area (Å²) >= 11 is 8.53. The molecule has 7 heteroatoms. The first-order valence-electron chi connectivity index (χ1n) is 9.57. The molecule has 0 saturated carbocycles. The van der Waals surface area contributed by atoms with Gasteiger partial charge in [0.2, 0.25) is 0 Å². The van der Waals surface area contributed by atoms with Crippen LogP contribution in [0.1, 0.15) is 61.5 Å². The van der Waals surface area contributed by atoms with Gasteiger partial charge in [-0.3, -0.25) is 4.79 Å². The highest BCUT2D eigenvalue weighted by Crippen LogP contribution is 2.44. The molecule has 0 aliphatic carbocycles. The van der Waals surface area contributed by atoms with Gasteiger partial charge in [0.25, 0.3) is 5.91 Å². The van der Waals surface area contributed by atoms with Crippen molar-refractivity contribution in [2.75, 3.05) is 11.4 Å². The van der Waals surface area contributed by atoms with Crippen LogP contribution in [-0.2, 0) is 0 Å². The summed E-state index contributed by atoms with van der Waals surface area (Å²) in [5, 5.41) is 14.4. The molecule has 29 heavy (non-hydrogen) atoms. The Kier molecular flexibility index (Phi) is 6.43. The minimum absolute atomic E-state index is 0.0670. The lowest BCUT2D eigenvalue weighted by Gasteiger charge is -2.47. The Morgan fingerprint density at radius 3 is 2.79 bits per heavy atom. The second kappa shape index (κ2) is 8.52. The molecule has 0 aromatic heterocycles. The van der Waals surface area contributed by atoms with Crippen LogP contribution in [0.2, 0.25) is 5.02 Å². The van der Waals surface area contributed by atoms with E-state index in [0.717, 1.165) is 24.2 Å². The van der Waals surface area contributed by atoms with Gasteiger partial charge < -0.3 is 10.0 Å². The molecule has 2 aromatic carbocycles. The van der Waals surface area contributed by atoms with Crippen LogP contribution in [0.15, 0.2) is 35.4 Å². The van der Waals surface area contributed by atoms with Crippen LogP contribution in [0, 0.1) is 3.57 Å². The Morgan fingerprint density at radius 2 is 2.14 bits per heavy atom. The average Bonchev–Trinajstić information content (AvgIpc) is 2.64. The lowest BCUT2D eigenvalue weighted by Crippen LogP contribution is -2.48. The van der Waals surface area contributed by atoms with Crippen LogP contribution in [0.4, 0.5) is 5.69 Å². The quantitative estimate of drug-likeness (QED) is 0.314. The highest BCUT2D eigenvalue weighted by molar-refractivity contribution is 14.1. The van der Waals surface area contributed by atoms with Crippen LogP contribution in [0.5, 0.6) is 5.75 Å². The number of nitrogens with one attached hydrogen (secondary N) is 1. The fourth-order valence-electron chi connectivity index (χ4n) is 4.10. The first-order valence-corrected chi connectivity index (χ1v) is 11.0. The van der Waals surface area contributed by atoms with Crippen molar-refractivity contribution in [2.24, 2.45) is 5.10 Å². The zero-order valence-electron chi connectivity index (χ0n) is 17.0. The van der Waals surface area contributed by atoms with E-state index in [1.165, 1.54) is 11.6 Å². The van der Waals surface area contributed by atoms with E-state index in [1.54, 1.807) is 18.3 Å². The van der Waals surface area contributed by atoms with E-state index in [2.05, 4.69) is 49.2 Å². The smallest absolute Gasteiger partial charge is 0.271 e. The monoisotopic (exact) mass is 525 g/mol. The number of carbonyl (C=O) groups is 1. The second-order valence-electron chi connectivity index (χ2n) is 7.96. The highest BCUT2D eigenvalue weighted by Gasteiger charge is 2.35. The third kappa shape index (κ3) is 4.53. The summed E-state index contributed by atoms with van der Waals surface area (Å²) in [7, 11) is 0. The van der Waals surface area contributed by atoms with Gasteiger partial charge in [-0.2, -0.15) is 5.10 Å². The third-order valence-corrected chi connectivity index (χ3v) is 6.64. The van der Waals surface area contributed by atoms with E-state index in [0.29, 0.717) is 20.1 Å². The van der Waals surface area contributed by atoms with E-state index < -0.39 is 5.91 Å². The number of carbonyl (C=O) groups excluding carboxylic acids is 1. The number of nitrogens with zero attached hydrogens (tertiary/aromatic N) is 2. The second-order valence-corrected chi connectivity index (χ2v) is 9.53. The standard InChI is InChI=1S/C22H25ClIN3O2/c1-5-27-19-10-17(23)15(8-16(19)13(2)11-22(27,3)4)12-25-26-21(29)14-6-7-18(24)20(28)9-14/h6-10,12-13,28H,5,11H2,1-4H3,(H,26,29)/b25-12-. The normalized spacial score (nSPS) is 18.0. The molecule has 1 atom stereocenters. The Morgan fingerprint density at radius 1 is 1.41 bits per heavy atom. The van der Waals surface area contributed by atoms with Gasteiger partial charge in [-0.25, -0.2) is 5.43 Å². The molecule has 1 heterocycles. The molecule has 1 aliphatic rings. The summed E-state index contributed by atoms with van der Waals surface area (Å²) in [5.74, 6) is 0.0724. The molecule has 0 bridgehead atoms. The van der Waals surface area contributed by atoms with Gasteiger partial charge in [0.05, 0.1) is 14.8 Å². The summed E-state index contributed by atoms with van der Waals surface area (Å²) in [6.45, 7) is 9.82. The summed E-state index contributed by atoms with van der Waals surface area (Å²) in [6.07, 6.45) is 2.62. The van der Waals surface area contributed by atoms with Crippen molar-refractivity contribution in [3.05, 3.63) is 55.6 Å². The summed E-state index contributed by atoms with van der Waals surface area (Å²) in [5.41, 5.74) is 6.08. The van der Waals surface area contributed by atoms with Crippen molar-refractivity contribution in [2.45, 2.75) is 45.6 Å². The van der Waals surface area contributed by atoms with E-state index in [4.69, 9.17) is 11.6 Å². The fourth-order valence-corrected chi connectivity index (χ4v) is 4.64. The molecule has 2 N–H and O–H groups in total. The van der Waals surface area contributed by atoms with Crippen molar-refractivity contribution in [3.8, 4) is 5.75 Å². The maximum absolute atomic E-state index is 12.2. The van der Waals surface area contributed by atoms with Crippen molar-refractivity contribution in [1.29, 1.82) is 0 Å². The molecular weight excluding hydrogens is 501 g/mol. The number of phenols is 1. The van der Waals surface area contributed by atoms with Gasteiger partial charge in [-0.05, 0) is 91.6 Å². The molecule has 0 spiro atoms. The first-order chi connectivity index (χ1) is 13.6. The molecule has 0 fully saturated rings. The van der Waals surface area contributed by atoms with Gasteiger partial charge in [0.1, 0.15) is 5.75 Å². The maximum atomic E-state index is 12.2. The van der Waals surface area contributed by atoms with Gasteiger partial charge in [0, 0.05) is 28.9 Å². The summed E-state index contributed by atoms with van der Waals surface area (Å²) in [4.78, 5) is 14.6. The molecule has 1 unspecified atom stereocenters. The predicted octanol–water partition coefficient (Wildman–Crippen LogP) is 5.53. The third-order valence-electron chi connectivity index (χ3n) is 5.40. The molecule has 5 nitrogen and oxygen atoms in total. The van der Waals surface area contributed by atoms with E-state index >= 15 is 0 Å². The van der Waals surface area contributed by atoms with Gasteiger partial charge in [0.15, 0.2) is 0 Å². The van der Waals surface area contributed by atoms with Crippen LogP contribution in [0.3, 0.4) is 0 Å². The van der Waals surface area contributed by atoms with Crippen molar-refractivity contribution in [3.63, 3.8) is 0 Å². The van der Waals surface area contributed by atoms with Crippen molar-refractivity contribution < 1.29 is 9.90 Å².